The fourth-order valence-corrected chi connectivity index (χ4v) is 1.90. The van der Waals surface area contributed by atoms with E-state index in [0.29, 0.717) is 5.52 Å². The van der Waals surface area contributed by atoms with E-state index in [1.54, 1.807) is 6.20 Å². The van der Waals surface area contributed by atoms with E-state index in [1.165, 1.54) is 22.5 Å². The molecule has 0 N–H and O–H groups in total. The number of hydrogen-bond donors (Lipinski definition) is 0. The fourth-order valence-electron chi connectivity index (χ4n) is 1.29. The van der Waals surface area contributed by atoms with Gasteiger partial charge in [-0.2, -0.15) is 5.10 Å². The molecule has 0 radical (unpaired) electrons. The standard InChI is InChI=1S/C8H7N3O2S/c1-14-7-3-2-4-10-8(7)6(5-9-10)11(12)13/h2-5H,1H3. The average Bonchev–Trinajstić information content (AvgIpc) is 2.60. The second-order valence-corrected chi connectivity index (χ2v) is 3.50. The molecule has 0 spiro atoms. The lowest BCUT2D eigenvalue weighted by molar-refractivity contribution is -0.383. The summed E-state index contributed by atoms with van der Waals surface area (Å²) >= 11 is 1.47. The SMILES string of the molecule is CSc1cccn2ncc([N+](=O)[O-])c12. The first kappa shape index (κ1) is 9.01. The summed E-state index contributed by atoms with van der Waals surface area (Å²) in [5.74, 6) is 0. The molecule has 0 aromatic carbocycles. The second kappa shape index (κ2) is 3.30. The van der Waals surface area contributed by atoms with Crippen molar-refractivity contribution in [2.24, 2.45) is 0 Å². The average molecular weight is 209 g/mol. The molecule has 0 aliphatic carbocycles. The van der Waals surface area contributed by atoms with E-state index >= 15 is 0 Å². The van der Waals surface area contributed by atoms with Gasteiger partial charge in [-0.05, 0) is 18.4 Å². The monoisotopic (exact) mass is 209 g/mol. The lowest BCUT2D eigenvalue weighted by Crippen LogP contribution is -1.90. The molecule has 0 bridgehead atoms. The predicted molar refractivity (Wildman–Crippen MR) is 53.6 cm³/mol. The summed E-state index contributed by atoms with van der Waals surface area (Å²) < 4.78 is 1.52. The molecule has 0 fully saturated rings. The first-order chi connectivity index (χ1) is 6.74. The van der Waals surface area contributed by atoms with E-state index in [1.807, 2.05) is 18.4 Å². The van der Waals surface area contributed by atoms with Gasteiger partial charge in [-0.3, -0.25) is 10.1 Å². The van der Waals surface area contributed by atoms with Crippen LogP contribution in [0.15, 0.2) is 29.4 Å². The van der Waals surface area contributed by atoms with Crippen molar-refractivity contribution >= 4 is 23.0 Å². The van der Waals surface area contributed by atoms with Crippen molar-refractivity contribution in [3.05, 3.63) is 34.6 Å². The minimum Gasteiger partial charge on any atom is -0.258 e. The molecule has 2 aromatic rings. The summed E-state index contributed by atoms with van der Waals surface area (Å²) in [4.78, 5) is 11.1. The Balaban J connectivity index is 2.81. The first-order valence-corrected chi connectivity index (χ1v) is 5.11. The van der Waals surface area contributed by atoms with Crippen molar-refractivity contribution in [3.63, 3.8) is 0 Å². The van der Waals surface area contributed by atoms with Crippen LogP contribution in [0.2, 0.25) is 0 Å². The van der Waals surface area contributed by atoms with Crippen molar-refractivity contribution in [2.75, 3.05) is 6.26 Å². The van der Waals surface area contributed by atoms with Crippen molar-refractivity contribution in [1.82, 2.24) is 9.61 Å². The van der Waals surface area contributed by atoms with Crippen LogP contribution >= 0.6 is 11.8 Å². The predicted octanol–water partition coefficient (Wildman–Crippen LogP) is 1.96. The zero-order chi connectivity index (χ0) is 10.1. The molecule has 2 rings (SSSR count). The van der Waals surface area contributed by atoms with Gasteiger partial charge in [0.2, 0.25) is 0 Å². The Labute approximate surface area is 83.9 Å². The Morgan fingerprint density at radius 2 is 2.43 bits per heavy atom. The van der Waals surface area contributed by atoms with Crippen molar-refractivity contribution in [2.45, 2.75) is 4.90 Å². The zero-order valence-electron chi connectivity index (χ0n) is 7.38. The topological polar surface area (TPSA) is 60.4 Å². The summed E-state index contributed by atoms with van der Waals surface area (Å²) in [5, 5.41) is 14.6. The highest BCUT2D eigenvalue weighted by Gasteiger charge is 2.17. The number of nitro groups is 1. The lowest BCUT2D eigenvalue weighted by atomic mass is 10.4. The Kier molecular flexibility index (Phi) is 2.12. The maximum absolute atomic E-state index is 10.7. The van der Waals surface area contributed by atoms with E-state index in [9.17, 15) is 10.1 Å². The minimum absolute atomic E-state index is 0.0509. The summed E-state index contributed by atoms with van der Waals surface area (Å²) in [6, 6.07) is 3.66. The Bertz CT molecular complexity index is 494. The third-order valence-electron chi connectivity index (χ3n) is 1.90. The summed E-state index contributed by atoms with van der Waals surface area (Å²) in [7, 11) is 0. The number of fused-ring (bicyclic) bond motifs is 1. The third kappa shape index (κ3) is 1.24. The van der Waals surface area contributed by atoms with Crippen LogP contribution in [0.1, 0.15) is 0 Å². The van der Waals surface area contributed by atoms with Crippen LogP contribution in [0.25, 0.3) is 5.52 Å². The highest BCUT2D eigenvalue weighted by molar-refractivity contribution is 7.98. The molecule has 0 saturated heterocycles. The lowest BCUT2D eigenvalue weighted by Gasteiger charge is -1.98. The molecule has 5 nitrogen and oxygen atoms in total. The number of aromatic nitrogens is 2. The molecule has 0 unspecified atom stereocenters. The largest absolute Gasteiger partial charge is 0.315 e. The number of rotatable bonds is 2. The van der Waals surface area contributed by atoms with Gasteiger partial charge in [0.05, 0.1) is 4.92 Å². The van der Waals surface area contributed by atoms with E-state index in [2.05, 4.69) is 5.10 Å². The van der Waals surface area contributed by atoms with E-state index in [4.69, 9.17) is 0 Å². The Hall–Kier alpha value is -1.56. The molecular weight excluding hydrogens is 202 g/mol. The van der Waals surface area contributed by atoms with Crippen molar-refractivity contribution in [3.8, 4) is 0 Å². The van der Waals surface area contributed by atoms with Gasteiger partial charge in [0.1, 0.15) is 6.20 Å². The number of pyridine rings is 1. The van der Waals surface area contributed by atoms with Gasteiger partial charge in [0.25, 0.3) is 0 Å². The molecule has 0 atom stereocenters. The summed E-state index contributed by atoms with van der Waals surface area (Å²) in [5.41, 5.74) is 0.611. The minimum atomic E-state index is -0.415. The quantitative estimate of drug-likeness (QED) is 0.431. The molecular formula is C8H7N3O2S. The highest BCUT2D eigenvalue weighted by Crippen LogP contribution is 2.28. The first-order valence-electron chi connectivity index (χ1n) is 3.89. The van der Waals surface area contributed by atoms with Crippen LogP contribution in [0.3, 0.4) is 0 Å². The van der Waals surface area contributed by atoms with Crippen LogP contribution in [0.5, 0.6) is 0 Å². The number of hydrogen-bond acceptors (Lipinski definition) is 4. The van der Waals surface area contributed by atoms with Gasteiger partial charge < -0.3 is 0 Å². The normalized spacial score (nSPS) is 10.6. The third-order valence-corrected chi connectivity index (χ3v) is 2.67. The summed E-state index contributed by atoms with van der Waals surface area (Å²) in [6.07, 6.45) is 4.85. The van der Waals surface area contributed by atoms with Crippen LogP contribution in [0.4, 0.5) is 5.69 Å². The van der Waals surface area contributed by atoms with Gasteiger partial charge in [-0.15, -0.1) is 11.8 Å². The van der Waals surface area contributed by atoms with Crippen LogP contribution < -0.4 is 0 Å². The van der Waals surface area contributed by atoms with Crippen LogP contribution in [-0.4, -0.2) is 20.8 Å². The summed E-state index contributed by atoms with van der Waals surface area (Å²) in [6.45, 7) is 0. The fraction of sp³-hybridized carbons (Fsp3) is 0.125. The van der Waals surface area contributed by atoms with Gasteiger partial charge in [-0.1, -0.05) is 0 Å². The molecule has 14 heavy (non-hydrogen) atoms. The van der Waals surface area contributed by atoms with Crippen LogP contribution in [-0.2, 0) is 0 Å². The van der Waals surface area contributed by atoms with Crippen molar-refractivity contribution < 1.29 is 4.92 Å². The number of thioether (sulfide) groups is 1. The molecule has 2 heterocycles. The van der Waals surface area contributed by atoms with Gasteiger partial charge in [0.15, 0.2) is 5.52 Å². The number of nitrogens with zero attached hydrogens (tertiary/aromatic N) is 3. The van der Waals surface area contributed by atoms with Crippen LogP contribution in [0, 0.1) is 10.1 Å². The molecule has 72 valence electrons. The molecule has 0 saturated carbocycles. The van der Waals surface area contributed by atoms with E-state index in [0.717, 1.165) is 4.90 Å². The van der Waals surface area contributed by atoms with Gasteiger partial charge >= 0.3 is 5.69 Å². The highest BCUT2D eigenvalue weighted by atomic mass is 32.2. The maximum atomic E-state index is 10.7. The maximum Gasteiger partial charge on any atom is 0.315 e. The smallest absolute Gasteiger partial charge is 0.258 e. The van der Waals surface area contributed by atoms with Gasteiger partial charge in [0, 0.05) is 11.1 Å². The van der Waals surface area contributed by atoms with Gasteiger partial charge in [-0.25, -0.2) is 4.52 Å². The molecule has 0 aliphatic rings. The molecule has 0 aliphatic heterocycles. The molecule has 2 aromatic heterocycles. The van der Waals surface area contributed by atoms with Crippen molar-refractivity contribution in [1.29, 1.82) is 0 Å². The van der Waals surface area contributed by atoms with E-state index < -0.39 is 4.92 Å². The Morgan fingerprint density at radius 1 is 1.64 bits per heavy atom. The Morgan fingerprint density at radius 3 is 3.07 bits per heavy atom. The van der Waals surface area contributed by atoms with E-state index in [-0.39, 0.29) is 5.69 Å². The zero-order valence-corrected chi connectivity index (χ0v) is 8.19. The molecule has 0 amide bonds. The molecule has 6 heteroatoms. The second-order valence-electron chi connectivity index (χ2n) is 2.66.